The highest BCUT2D eigenvalue weighted by atomic mass is 32.2. The van der Waals surface area contributed by atoms with Crippen LogP contribution in [0.15, 0.2) is 0 Å². The van der Waals surface area contributed by atoms with Crippen LogP contribution < -0.4 is 5.32 Å². The summed E-state index contributed by atoms with van der Waals surface area (Å²) in [6.07, 6.45) is 1.89. The fourth-order valence-corrected chi connectivity index (χ4v) is 3.19. The van der Waals surface area contributed by atoms with Gasteiger partial charge in [-0.25, -0.2) is 12.7 Å². The standard InChI is InChI=1S/C11H26N2O2S/c1-5-8-12-10-11(4)16(14,15)13(7-3)9-6-2/h11-12H,5-10H2,1-4H3. The maximum absolute atomic E-state index is 12.1. The molecule has 5 heteroatoms. The number of hydrogen-bond donors (Lipinski definition) is 1. The van der Waals surface area contributed by atoms with Gasteiger partial charge in [0.2, 0.25) is 10.0 Å². The zero-order chi connectivity index (χ0) is 12.6. The summed E-state index contributed by atoms with van der Waals surface area (Å²) in [6.45, 7) is 10.3. The van der Waals surface area contributed by atoms with Crippen molar-refractivity contribution in [3.05, 3.63) is 0 Å². The Balaban J connectivity index is 4.38. The Bertz CT molecular complexity index is 265. The van der Waals surface area contributed by atoms with E-state index < -0.39 is 10.0 Å². The fourth-order valence-electron chi connectivity index (χ4n) is 1.56. The lowest BCUT2D eigenvalue weighted by Crippen LogP contribution is -2.42. The largest absolute Gasteiger partial charge is 0.315 e. The number of rotatable bonds is 9. The number of hydrogen-bond acceptors (Lipinski definition) is 3. The van der Waals surface area contributed by atoms with Gasteiger partial charge in [-0.2, -0.15) is 0 Å². The van der Waals surface area contributed by atoms with Crippen molar-refractivity contribution in [2.45, 2.75) is 45.8 Å². The molecule has 0 aromatic carbocycles. The minimum Gasteiger partial charge on any atom is -0.315 e. The van der Waals surface area contributed by atoms with Crippen molar-refractivity contribution in [3.8, 4) is 0 Å². The Morgan fingerprint density at radius 2 is 1.81 bits per heavy atom. The fraction of sp³-hybridized carbons (Fsp3) is 1.00. The van der Waals surface area contributed by atoms with Gasteiger partial charge < -0.3 is 5.32 Å². The van der Waals surface area contributed by atoms with Gasteiger partial charge in [0.05, 0.1) is 5.25 Å². The van der Waals surface area contributed by atoms with Gasteiger partial charge in [-0.15, -0.1) is 0 Å². The molecule has 0 aromatic heterocycles. The topological polar surface area (TPSA) is 49.4 Å². The van der Waals surface area contributed by atoms with Gasteiger partial charge >= 0.3 is 0 Å². The van der Waals surface area contributed by atoms with E-state index in [1.54, 1.807) is 11.2 Å². The molecule has 0 saturated carbocycles. The highest BCUT2D eigenvalue weighted by molar-refractivity contribution is 7.89. The average Bonchev–Trinajstić information content (AvgIpc) is 2.25. The van der Waals surface area contributed by atoms with E-state index in [9.17, 15) is 8.42 Å². The van der Waals surface area contributed by atoms with Crippen LogP contribution in [0, 0.1) is 0 Å². The van der Waals surface area contributed by atoms with Crippen molar-refractivity contribution in [2.75, 3.05) is 26.2 Å². The van der Waals surface area contributed by atoms with Crippen LogP contribution in [0.1, 0.15) is 40.5 Å². The predicted octanol–water partition coefficient (Wildman–Crippen LogP) is 1.44. The average molecular weight is 250 g/mol. The molecule has 0 amide bonds. The third-order valence-corrected chi connectivity index (χ3v) is 4.90. The van der Waals surface area contributed by atoms with Crippen molar-refractivity contribution in [1.82, 2.24) is 9.62 Å². The van der Waals surface area contributed by atoms with Crippen LogP contribution in [0.3, 0.4) is 0 Å². The first-order chi connectivity index (χ1) is 7.50. The van der Waals surface area contributed by atoms with Crippen LogP contribution in [-0.2, 0) is 10.0 Å². The molecular weight excluding hydrogens is 224 g/mol. The number of nitrogens with zero attached hydrogens (tertiary/aromatic N) is 1. The monoisotopic (exact) mass is 250 g/mol. The maximum atomic E-state index is 12.1. The van der Waals surface area contributed by atoms with Crippen molar-refractivity contribution < 1.29 is 8.42 Å². The second-order valence-electron chi connectivity index (χ2n) is 4.05. The molecule has 0 aliphatic carbocycles. The highest BCUT2D eigenvalue weighted by Gasteiger charge is 2.26. The first-order valence-electron chi connectivity index (χ1n) is 6.20. The number of nitrogens with one attached hydrogen (secondary N) is 1. The Morgan fingerprint density at radius 1 is 1.19 bits per heavy atom. The minimum atomic E-state index is -3.12. The van der Waals surface area contributed by atoms with Crippen LogP contribution in [-0.4, -0.2) is 44.2 Å². The highest BCUT2D eigenvalue weighted by Crippen LogP contribution is 2.08. The Kier molecular flexibility index (Phi) is 7.97. The third kappa shape index (κ3) is 4.80. The van der Waals surface area contributed by atoms with E-state index in [1.165, 1.54) is 0 Å². The second-order valence-corrected chi connectivity index (χ2v) is 6.40. The molecule has 0 fully saturated rings. The van der Waals surface area contributed by atoms with Gasteiger partial charge in [-0.3, -0.25) is 0 Å². The first kappa shape index (κ1) is 15.9. The van der Waals surface area contributed by atoms with Crippen molar-refractivity contribution in [2.24, 2.45) is 0 Å². The molecule has 0 bridgehead atoms. The molecule has 4 nitrogen and oxygen atoms in total. The van der Waals surface area contributed by atoms with E-state index in [-0.39, 0.29) is 5.25 Å². The Morgan fingerprint density at radius 3 is 2.25 bits per heavy atom. The lowest BCUT2D eigenvalue weighted by molar-refractivity contribution is 0.417. The zero-order valence-electron chi connectivity index (χ0n) is 11.0. The second kappa shape index (κ2) is 8.03. The van der Waals surface area contributed by atoms with Crippen LogP contribution in [0.5, 0.6) is 0 Å². The molecule has 0 aliphatic heterocycles. The van der Waals surface area contributed by atoms with Crippen molar-refractivity contribution in [1.29, 1.82) is 0 Å². The molecule has 1 unspecified atom stereocenters. The van der Waals surface area contributed by atoms with Gasteiger partial charge in [0.25, 0.3) is 0 Å². The Labute approximate surface area is 100 Å². The predicted molar refractivity (Wildman–Crippen MR) is 69.1 cm³/mol. The summed E-state index contributed by atoms with van der Waals surface area (Å²) in [5, 5.41) is 2.81. The molecule has 0 heterocycles. The molecule has 0 spiro atoms. The molecule has 0 radical (unpaired) electrons. The summed E-state index contributed by atoms with van der Waals surface area (Å²) in [4.78, 5) is 0. The van der Waals surface area contributed by atoms with Gasteiger partial charge in [-0.1, -0.05) is 20.8 Å². The lowest BCUT2D eigenvalue weighted by atomic mass is 10.4. The lowest BCUT2D eigenvalue weighted by Gasteiger charge is -2.24. The molecule has 1 atom stereocenters. The zero-order valence-corrected chi connectivity index (χ0v) is 11.8. The molecule has 98 valence electrons. The summed E-state index contributed by atoms with van der Waals surface area (Å²) < 4.78 is 25.8. The molecule has 0 aromatic rings. The SMILES string of the molecule is CCCNCC(C)S(=O)(=O)N(CC)CCC. The first-order valence-corrected chi connectivity index (χ1v) is 7.70. The van der Waals surface area contributed by atoms with Gasteiger partial charge in [0, 0.05) is 19.6 Å². The normalized spacial score (nSPS) is 14.3. The van der Waals surface area contributed by atoms with E-state index in [4.69, 9.17) is 0 Å². The van der Waals surface area contributed by atoms with Gasteiger partial charge in [0.1, 0.15) is 0 Å². The van der Waals surface area contributed by atoms with E-state index in [1.807, 2.05) is 13.8 Å². The van der Waals surface area contributed by atoms with E-state index >= 15 is 0 Å². The molecular formula is C11H26N2O2S. The van der Waals surface area contributed by atoms with E-state index in [0.717, 1.165) is 19.4 Å². The van der Waals surface area contributed by atoms with Crippen molar-refractivity contribution in [3.63, 3.8) is 0 Å². The van der Waals surface area contributed by atoms with E-state index in [0.29, 0.717) is 19.6 Å². The summed E-state index contributed by atoms with van der Waals surface area (Å²) in [7, 11) is -3.12. The van der Waals surface area contributed by atoms with Gasteiger partial charge in [0.15, 0.2) is 0 Å². The summed E-state index contributed by atoms with van der Waals surface area (Å²) in [5.41, 5.74) is 0. The van der Waals surface area contributed by atoms with Crippen LogP contribution in [0.25, 0.3) is 0 Å². The molecule has 0 saturated heterocycles. The van der Waals surface area contributed by atoms with Crippen LogP contribution >= 0.6 is 0 Å². The maximum Gasteiger partial charge on any atom is 0.217 e. The third-order valence-electron chi connectivity index (χ3n) is 2.55. The molecule has 0 rings (SSSR count). The quantitative estimate of drug-likeness (QED) is 0.630. The summed E-state index contributed by atoms with van der Waals surface area (Å²) in [6, 6.07) is 0. The summed E-state index contributed by atoms with van der Waals surface area (Å²) >= 11 is 0. The van der Waals surface area contributed by atoms with Gasteiger partial charge in [-0.05, 0) is 26.3 Å². The molecule has 16 heavy (non-hydrogen) atoms. The van der Waals surface area contributed by atoms with Crippen molar-refractivity contribution >= 4 is 10.0 Å². The number of sulfonamides is 1. The summed E-state index contributed by atoms with van der Waals surface area (Å²) in [5.74, 6) is 0. The smallest absolute Gasteiger partial charge is 0.217 e. The molecule has 0 aliphatic rings. The van der Waals surface area contributed by atoms with Crippen LogP contribution in [0.2, 0.25) is 0 Å². The van der Waals surface area contributed by atoms with E-state index in [2.05, 4.69) is 12.2 Å². The Hall–Kier alpha value is -0.130. The molecule has 1 N–H and O–H groups in total. The van der Waals surface area contributed by atoms with Crippen LogP contribution in [0.4, 0.5) is 0 Å². The minimum absolute atomic E-state index is 0.342.